The Morgan fingerprint density at radius 3 is 2.51 bits per heavy atom. The number of nitrogens with one attached hydrogen (secondary N) is 1. The molecule has 0 saturated heterocycles. The van der Waals surface area contributed by atoms with Crippen LogP contribution in [0.3, 0.4) is 0 Å². The monoisotopic (exact) mass is 496 g/mol. The first-order valence-corrected chi connectivity index (χ1v) is 12.2. The molecule has 0 aliphatic carbocycles. The SMILES string of the molecule is COC(=O)C1CN(C(=O)COc2ccc(S(=O)(=O)Nc3cccc(C)c3)cc2)c2ccccc2O1. The van der Waals surface area contributed by atoms with Crippen molar-refractivity contribution in [3.63, 3.8) is 0 Å². The Balaban J connectivity index is 1.42. The third-order valence-corrected chi connectivity index (χ3v) is 6.70. The van der Waals surface area contributed by atoms with Gasteiger partial charge in [-0.15, -0.1) is 0 Å². The first kappa shape index (κ1) is 24.1. The molecule has 0 bridgehead atoms. The summed E-state index contributed by atoms with van der Waals surface area (Å²) in [7, 11) is -2.53. The third kappa shape index (κ3) is 5.55. The first-order valence-electron chi connectivity index (χ1n) is 10.7. The lowest BCUT2D eigenvalue weighted by atomic mass is 10.2. The van der Waals surface area contributed by atoms with Gasteiger partial charge in [0.05, 0.1) is 24.2 Å². The van der Waals surface area contributed by atoms with E-state index in [9.17, 15) is 18.0 Å². The lowest BCUT2D eigenvalue weighted by Gasteiger charge is -2.33. The van der Waals surface area contributed by atoms with E-state index in [-0.39, 0.29) is 18.0 Å². The van der Waals surface area contributed by atoms with Crippen molar-refractivity contribution < 1.29 is 32.2 Å². The maximum Gasteiger partial charge on any atom is 0.348 e. The average molecular weight is 497 g/mol. The summed E-state index contributed by atoms with van der Waals surface area (Å²) in [6, 6.07) is 19.6. The fraction of sp³-hybridized carbons (Fsp3) is 0.200. The van der Waals surface area contributed by atoms with Crippen molar-refractivity contribution in [3.05, 3.63) is 78.4 Å². The molecule has 1 amide bonds. The maximum atomic E-state index is 12.9. The van der Waals surface area contributed by atoms with Crippen LogP contribution < -0.4 is 19.1 Å². The number of nitrogens with zero attached hydrogens (tertiary/aromatic N) is 1. The number of anilines is 2. The van der Waals surface area contributed by atoms with Gasteiger partial charge in [-0.25, -0.2) is 13.2 Å². The number of esters is 1. The van der Waals surface area contributed by atoms with Crippen LogP contribution in [0.25, 0.3) is 0 Å². The summed E-state index contributed by atoms with van der Waals surface area (Å²) in [6.07, 6.45) is -0.954. The number of sulfonamides is 1. The van der Waals surface area contributed by atoms with Crippen LogP contribution in [0, 0.1) is 6.92 Å². The number of para-hydroxylation sites is 2. The number of amides is 1. The van der Waals surface area contributed by atoms with Crippen LogP contribution >= 0.6 is 0 Å². The molecule has 0 spiro atoms. The molecule has 1 aliphatic heterocycles. The number of carbonyl (C=O) groups excluding carboxylic acids is 2. The number of benzene rings is 3. The van der Waals surface area contributed by atoms with Crippen molar-refractivity contribution in [1.82, 2.24) is 0 Å². The molecule has 1 atom stereocenters. The van der Waals surface area contributed by atoms with Crippen LogP contribution in [0.2, 0.25) is 0 Å². The van der Waals surface area contributed by atoms with Crippen molar-refractivity contribution >= 4 is 33.3 Å². The van der Waals surface area contributed by atoms with Gasteiger partial charge in [0.25, 0.3) is 15.9 Å². The molecule has 1 N–H and O–H groups in total. The fourth-order valence-electron chi connectivity index (χ4n) is 3.59. The Morgan fingerprint density at radius 1 is 1.06 bits per heavy atom. The van der Waals surface area contributed by atoms with Gasteiger partial charge in [-0.05, 0) is 61.0 Å². The highest BCUT2D eigenvalue weighted by Crippen LogP contribution is 2.33. The molecule has 1 heterocycles. The molecule has 4 rings (SSSR count). The number of ether oxygens (including phenoxy) is 3. The zero-order valence-electron chi connectivity index (χ0n) is 19.1. The van der Waals surface area contributed by atoms with Gasteiger partial charge >= 0.3 is 5.97 Å². The molecule has 3 aromatic rings. The van der Waals surface area contributed by atoms with E-state index in [0.29, 0.717) is 22.9 Å². The average Bonchev–Trinajstić information content (AvgIpc) is 2.86. The predicted octanol–water partition coefficient (Wildman–Crippen LogP) is 3.14. The van der Waals surface area contributed by atoms with Crippen molar-refractivity contribution in [2.45, 2.75) is 17.9 Å². The summed E-state index contributed by atoms with van der Waals surface area (Å²) in [5.74, 6) is -0.279. The Morgan fingerprint density at radius 2 is 1.80 bits per heavy atom. The summed E-state index contributed by atoms with van der Waals surface area (Å²) in [6.45, 7) is 1.53. The zero-order valence-corrected chi connectivity index (χ0v) is 19.9. The Bertz CT molecular complexity index is 1340. The minimum Gasteiger partial charge on any atom is -0.484 e. The molecule has 182 valence electrons. The Labute approximate surface area is 203 Å². The number of aryl methyl sites for hydroxylation is 1. The number of rotatable bonds is 7. The van der Waals surface area contributed by atoms with Gasteiger partial charge in [0.2, 0.25) is 6.10 Å². The minimum atomic E-state index is -3.78. The molecule has 0 radical (unpaired) electrons. The van der Waals surface area contributed by atoms with Gasteiger partial charge < -0.3 is 19.1 Å². The molecule has 0 fully saturated rings. The van der Waals surface area contributed by atoms with Crippen LogP contribution in [0.4, 0.5) is 11.4 Å². The van der Waals surface area contributed by atoms with E-state index in [1.54, 1.807) is 42.5 Å². The van der Waals surface area contributed by atoms with E-state index < -0.39 is 28.0 Å². The second-order valence-electron chi connectivity index (χ2n) is 7.84. The first-order chi connectivity index (χ1) is 16.8. The fourth-order valence-corrected chi connectivity index (χ4v) is 4.63. The summed E-state index contributed by atoms with van der Waals surface area (Å²) in [5.41, 5.74) is 1.91. The van der Waals surface area contributed by atoms with E-state index in [4.69, 9.17) is 14.2 Å². The zero-order chi connectivity index (χ0) is 25.0. The predicted molar refractivity (Wildman–Crippen MR) is 129 cm³/mol. The van der Waals surface area contributed by atoms with Gasteiger partial charge in [0, 0.05) is 5.69 Å². The number of fused-ring (bicyclic) bond motifs is 1. The second-order valence-corrected chi connectivity index (χ2v) is 9.52. The highest BCUT2D eigenvalue weighted by molar-refractivity contribution is 7.92. The van der Waals surface area contributed by atoms with Gasteiger partial charge in [-0.1, -0.05) is 24.3 Å². The summed E-state index contributed by atoms with van der Waals surface area (Å²) < 4.78 is 43.9. The second kappa shape index (κ2) is 10.1. The van der Waals surface area contributed by atoms with Gasteiger partial charge in [0.15, 0.2) is 6.61 Å². The minimum absolute atomic E-state index is 0.0201. The van der Waals surface area contributed by atoms with Gasteiger partial charge in [-0.2, -0.15) is 0 Å². The highest BCUT2D eigenvalue weighted by atomic mass is 32.2. The lowest BCUT2D eigenvalue weighted by Crippen LogP contribution is -2.48. The summed E-state index contributed by atoms with van der Waals surface area (Å²) in [5, 5.41) is 0. The van der Waals surface area contributed by atoms with Crippen molar-refractivity contribution in [2.75, 3.05) is 29.9 Å². The molecule has 9 nitrogen and oxygen atoms in total. The van der Waals surface area contributed by atoms with E-state index in [0.717, 1.165) is 5.56 Å². The number of hydrogen-bond acceptors (Lipinski definition) is 7. The number of carbonyl (C=O) groups is 2. The van der Waals surface area contributed by atoms with Gasteiger partial charge in [0.1, 0.15) is 11.5 Å². The lowest BCUT2D eigenvalue weighted by molar-refractivity contribution is -0.148. The van der Waals surface area contributed by atoms with Crippen LogP contribution in [-0.2, 0) is 24.3 Å². The molecule has 35 heavy (non-hydrogen) atoms. The Hall–Kier alpha value is -4.05. The summed E-state index contributed by atoms with van der Waals surface area (Å²) >= 11 is 0. The van der Waals surface area contributed by atoms with Gasteiger partial charge in [-0.3, -0.25) is 9.52 Å². The van der Waals surface area contributed by atoms with E-state index in [1.807, 2.05) is 13.0 Å². The third-order valence-electron chi connectivity index (χ3n) is 5.31. The number of hydrogen-bond donors (Lipinski definition) is 1. The molecular formula is C25H24N2O7S. The maximum absolute atomic E-state index is 12.9. The van der Waals surface area contributed by atoms with E-state index in [1.165, 1.54) is 36.3 Å². The van der Waals surface area contributed by atoms with E-state index in [2.05, 4.69) is 4.72 Å². The molecule has 10 heteroatoms. The van der Waals surface area contributed by atoms with Crippen LogP contribution in [0.5, 0.6) is 11.5 Å². The highest BCUT2D eigenvalue weighted by Gasteiger charge is 2.34. The standard InChI is InChI=1S/C25H24N2O7S/c1-17-6-5-7-18(14-17)26-35(30,31)20-12-10-19(11-13-20)33-16-24(28)27-15-23(25(29)32-2)34-22-9-4-3-8-21(22)27/h3-14,23,26H,15-16H2,1-2H3. The number of methoxy groups -OCH3 is 1. The van der Waals surface area contributed by atoms with Crippen LogP contribution in [0.1, 0.15) is 5.56 Å². The molecule has 0 aromatic heterocycles. The molecule has 3 aromatic carbocycles. The Kier molecular flexibility index (Phi) is 6.92. The van der Waals surface area contributed by atoms with E-state index >= 15 is 0 Å². The van der Waals surface area contributed by atoms with Crippen LogP contribution in [0.15, 0.2) is 77.7 Å². The molecular weight excluding hydrogens is 472 g/mol. The molecule has 1 aliphatic rings. The summed E-state index contributed by atoms with van der Waals surface area (Å²) in [4.78, 5) is 26.4. The van der Waals surface area contributed by atoms with Crippen LogP contribution in [-0.4, -0.2) is 46.7 Å². The normalized spacial score (nSPS) is 14.9. The molecule has 0 saturated carbocycles. The topological polar surface area (TPSA) is 111 Å². The van der Waals surface area contributed by atoms with Crippen molar-refractivity contribution in [3.8, 4) is 11.5 Å². The smallest absolute Gasteiger partial charge is 0.348 e. The largest absolute Gasteiger partial charge is 0.484 e. The van der Waals surface area contributed by atoms with Crippen molar-refractivity contribution in [2.24, 2.45) is 0 Å². The van der Waals surface area contributed by atoms with Crippen molar-refractivity contribution in [1.29, 1.82) is 0 Å². The quantitative estimate of drug-likeness (QED) is 0.500. The molecule has 1 unspecified atom stereocenters.